The zero-order chi connectivity index (χ0) is 36.4. The van der Waals surface area contributed by atoms with Gasteiger partial charge < -0.3 is 52.1 Å². The summed E-state index contributed by atoms with van der Waals surface area (Å²) in [7, 11) is 0. The third kappa shape index (κ3) is 36.8. The smallest absolute Gasteiger partial charge is 0.119 e. The Hall–Kier alpha value is -1.38. The normalized spacial score (nSPS) is 11.5. The van der Waals surface area contributed by atoms with Crippen LogP contribution in [0.2, 0.25) is 0 Å². The Balaban J connectivity index is 1.69. The Labute approximate surface area is 310 Å². The highest BCUT2D eigenvalue weighted by Crippen LogP contribution is 2.15. The van der Waals surface area contributed by atoms with E-state index in [-0.39, 0.29) is 0 Å². The number of hydrogen-bond donors (Lipinski definition) is 0. The van der Waals surface area contributed by atoms with Crippen LogP contribution in [-0.4, -0.2) is 139 Å². The fourth-order valence-electron chi connectivity index (χ4n) is 4.79. The van der Waals surface area contributed by atoms with E-state index in [4.69, 9.17) is 52.1 Å². The van der Waals surface area contributed by atoms with Crippen LogP contribution in [0.5, 0.6) is 5.75 Å². The molecule has 0 fully saturated rings. The van der Waals surface area contributed by atoms with Gasteiger partial charge >= 0.3 is 0 Å². The lowest BCUT2D eigenvalue weighted by molar-refractivity contribution is -0.0267. The summed E-state index contributed by atoms with van der Waals surface area (Å²) >= 11 is 0. The molecule has 1 aromatic carbocycles. The molecule has 0 aliphatic heterocycles. The Morgan fingerprint density at radius 1 is 0.294 bits per heavy atom. The topological polar surface area (TPSA) is 102 Å². The van der Waals surface area contributed by atoms with Crippen LogP contribution in [0.25, 0.3) is 0 Å². The molecule has 11 heteroatoms. The molecule has 0 unspecified atom stereocenters. The third-order valence-corrected chi connectivity index (χ3v) is 7.73. The van der Waals surface area contributed by atoms with Gasteiger partial charge in [-0.3, -0.25) is 0 Å². The molecular formula is C40H74O11. The van der Waals surface area contributed by atoms with Crippen molar-refractivity contribution < 1.29 is 52.1 Å². The molecule has 0 N–H and O–H groups in total. The number of hydrogen-bond acceptors (Lipinski definition) is 11. The zero-order valence-corrected chi connectivity index (χ0v) is 32.4. The number of unbranched alkanes of at least 4 members (excludes halogenated alkanes) is 8. The first-order valence-corrected chi connectivity index (χ1v) is 19.9. The van der Waals surface area contributed by atoms with Gasteiger partial charge in [0.15, 0.2) is 0 Å². The predicted molar refractivity (Wildman–Crippen MR) is 201 cm³/mol. The first-order chi connectivity index (χ1) is 25.4. The number of rotatable bonds is 43. The third-order valence-electron chi connectivity index (χ3n) is 7.73. The van der Waals surface area contributed by atoms with Crippen molar-refractivity contribution in [2.45, 2.75) is 84.5 Å². The number of benzene rings is 1. The molecule has 0 bridgehead atoms. The van der Waals surface area contributed by atoms with E-state index < -0.39 is 0 Å². The van der Waals surface area contributed by atoms with Gasteiger partial charge in [0.05, 0.1) is 126 Å². The largest absolute Gasteiger partial charge is 0.491 e. The van der Waals surface area contributed by atoms with Crippen molar-refractivity contribution in [1.82, 2.24) is 0 Å². The van der Waals surface area contributed by atoms with Crippen molar-refractivity contribution in [3.8, 4) is 5.75 Å². The van der Waals surface area contributed by atoms with Crippen molar-refractivity contribution in [1.29, 1.82) is 0 Å². The summed E-state index contributed by atoms with van der Waals surface area (Å²) in [5.41, 5.74) is 1.38. The van der Waals surface area contributed by atoms with E-state index in [1.165, 1.54) is 63.4 Å². The van der Waals surface area contributed by atoms with Crippen molar-refractivity contribution in [3.63, 3.8) is 0 Å². The summed E-state index contributed by atoms with van der Waals surface area (Å²) < 4.78 is 60.9. The molecule has 0 heterocycles. The van der Waals surface area contributed by atoms with Crippen LogP contribution in [0.3, 0.4) is 0 Å². The molecule has 0 saturated heterocycles. The lowest BCUT2D eigenvalue weighted by Crippen LogP contribution is -2.15. The van der Waals surface area contributed by atoms with Gasteiger partial charge in [-0.05, 0) is 37.0 Å². The second kappa shape index (κ2) is 41.4. The highest BCUT2D eigenvalue weighted by molar-refractivity contribution is 5.27. The van der Waals surface area contributed by atoms with Crippen molar-refractivity contribution >= 4 is 0 Å². The SMILES string of the molecule is CCCCCCCCCc1ccc(OCCOCCOCCOCCOCCOCCOCCOCCOCCOCCOCCCCC)cc1. The highest BCUT2D eigenvalue weighted by atomic mass is 16.6. The van der Waals surface area contributed by atoms with Crippen LogP contribution in [-0.2, 0) is 53.8 Å². The van der Waals surface area contributed by atoms with Gasteiger partial charge in [-0.1, -0.05) is 77.3 Å². The van der Waals surface area contributed by atoms with Gasteiger partial charge in [0.2, 0.25) is 0 Å². The summed E-state index contributed by atoms with van der Waals surface area (Å²) in [4.78, 5) is 0. The number of aryl methyl sites for hydroxylation is 1. The molecule has 1 aromatic rings. The van der Waals surface area contributed by atoms with Gasteiger partial charge in [0.1, 0.15) is 12.4 Å². The summed E-state index contributed by atoms with van der Waals surface area (Å²) in [5, 5.41) is 0. The molecule has 300 valence electrons. The van der Waals surface area contributed by atoms with Crippen LogP contribution >= 0.6 is 0 Å². The minimum atomic E-state index is 0.520. The monoisotopic (exact) mass is 731 g/mol. The molecule has 11 nitrogen and oxygen atoms in total. The average molecular weight is 731 g/mol. The molecule has 0 aliphatic carbocycles. The Morgan fingerprint density at radius 3 is 0.961 bits per heavy atom. The maximum atomic E-state index is 5.79. The molecule has 0 radical (unpaired) electrons. The lowest BCUT2D eigenvalue weighted by Gasteiger charge is -2.09. The fourth-order valence-corrected chi connectivity index (χ4v) is 4.79. The van der Waals surface area contributed by atoms with Crippen LogP contribution in [0.15, 0.2) is 24.3 Å². The molecule has 51 heavy (non-hydrogen) atoms. The van der Waals surface area contributed by atoms with Gasteiger partial charge in [-0.15, -0.1) is 0 Å². The fraction of sp³-hybridized carbons (Fsp3) is 0.850. The van der Waals surface area contributed by atoms with Gasteiger partial charge in [-0.2, -0.15) is 0 Å². The molecule has 0 amide bonds. The van der Waals surface area contributed by atoms with Crippen LogP contribution in [0, 0.1) is 0 Å². The summed E-state index contributed by atoms with van der Waals surface area (Å²) in [6, 6.07) is 8.46. The second-order valence-corrected chi connectivity index (χ2v) is 12.2. The first-order valence-electron chi connectivity index (χ1n) is 19.9. The van der Waals surface area contributed by atoms with Crippen molar-refractivity contribution in [2.24, 2.45) is 0 Å². The maximum absolute atomic E-state index is 5.79. The van der Waals surface area contributed by atoms with E-state index in [2.05, 4.69) is 38.1 Å². The van der Waals surface area contributed by atoms with Crippen LogP contribution in [0.1, 0.15) is 83.6 Å². The zero-order valence-electron chi connectivity index (χ0n) is 32.4. The van der Waals surface area contributed by atoms with Gasteiger partial charge in [0, 0.05) is 6.61 Å². The first kappa shape index (κ1) is 47.6. The van der Waals surface area contributed by atoms with E-state index in [1.54, 1.807) is 0 Å². The minimum absolute atomic E-state index is 0.520. The molecule has 0 aromatic heterocycles. The molecule has 0 saturated carbocycles. The Bertz CT molecular complexity index is 784. The standard InChI is InChI=1S/C40H74O11/c1-3-5-7-8-9-10-11-13-39-14-16-40(17-15-39)51-38-37-50-36-35-49-34-33-48-32-31-47-30-29-46-28-27-45-26-25-44-24-23-43-22-21-42-20-19-41-18-12-6-4-2/h14-17H,3-13,18-38H2,1-2H3. The van der Waals surface area contributed by atoms with E-state index in [0.717, 1.165) is 25.2 Å². The molecule has 0 aliphatic rings. The maximum Gasteiger partial charge on any atom is 0.119 e. The number of ether oxygens (including phenoxy) is 11. The summed E-state index contributed by atoms with van der Waals surface area (Å²) in [5.74, 6) is 0.889. The molecular weight excluding hydrogens is 656 g/mol. The minimum Gasteiger partial charge on any atom is -0.491 e. The van der Waals surface area contributed by atoms with E-state index >= 15 is 0 Å². The highest BCUT2D eigenvalue weighted by Gasteiger charge is 1.99. The Kier molecular flexibility index (Phi) is 38.7. The molecule has 0 atom stereocenters. The van der Waals surface area contributed by atoms with Crippen LogP contribution < -0.4 is 4.74 Å². The van der Waals surface area contributed by atoms with Gasteiger partial charge in [-0.25, -0.2) is 0 Å². The molecule has 1 rings (SSSR count). The van der Waals surface area contributed by atoms with Crippen LogP contribution in [0.4, 0.5) is 0 Å². The predicted octanol–water partition coefficient (Wildman–Crippen LogP) is 6.71. The summed E-state index contributed by atoms with van der Waals surface area (Å²) in [6.07, 6.45) is 14.1. The molecule has 0 spiro atoms. The van der Waals surface area contributed by atoms with E-state index in [0.29, 0.717) is 132 Å². The van der Waals surface area contributed by atoms with E-state index in [9.17, 15) is 0 Å². The second-order valence-electron chi connectivity index (χ2n) is 12.2. The quantitative estimate of drug-likeness (QED) is 0.0670. The summed E-state index contributed by atoms with van der Waals surface area (Å²) in [6.45, 7) is 16.1. The average Bonchev–Trinajstić information content (AvgIpc) is 3.15. The lowest BCUT2D eigenvalue weighted by atomic mass is 10.0. The Morgan fingerprint density at radius 2 is 0.588 bits per heavy atom. The van der Waals surface area contributed by atoms with Gasteiger partial charge in [0.25, 0.3) is 0 Å². The van der Waals surface area contributed by atoms with Crippen molar-refractivity contribution in [2.75, 3.05) is 139 Å². The van der Waals surface area contributed by atoms with Crippen molar-refractivity contribution in [3.05, 3.63) is 29.8 Å². The van der Waals surface area contributed by atoms with E-state index in [1.807, 2.05) is 0 Å².